The number of rotatable bonds is 5. The van der Waals surface area contributed by atoms with Crippen LogP contribution in [0.1, 0.15) is 41.8 Å². The van der Waals surface area contributed by atoms with Gasteiger partial charge in [-0.2, -0.15) is 0 Å². The van der Waals surface area contributed by atoms with Crippen LogP contribution in [-0.2, 0) is 11.3 Å². The number of benzene rings is 1. The Hall–Kier alpha value is -1.81. The van der Waals surface area contributed by atoms with Crippen LogP contribution in [0.25, 0.3) is 11.0 Å². The molecule has 1 aromatic heterocycles. The van der Waals surface area contributed by atoms with Gasteiger partial charge in [0.05, 0.1) is 0 Å². The first kappa shape index (κ1) is 13.2. The predicted octanol–water partition coefficient (Wildman–Crippen LogP) is 3.84. The first-order valence-corrected chi connectivity index (χ1v) is 7.07. The lowest BCUT2D eigenvalue weighted by Gasteiger charge is -2.08. The minimum Gasteiger partial charge on any atom is -0.478 e. The van der Waals surface area contributed by atoms with Gasteiger partial charge in [-0.15, -0.1) is 0 Å². The largest absolute Gasteiger partial charge is 0.478 e. The van der Waals surface area contributed by atoms with Gasteiger partial charge >= 0.3 is 5.97 Å². The van der Waals surface area contributed by atoms with Gasteiger partial charge in [0.2, 0.25) is 0 Å². The molecule has 0 unspecified atom stereocenters. The second-order valence-electron chi connectivity index (χ2n) is 5.37. The van der Waals surface area contributed by atoms with E-state index in [-0.39, 0.29) is 12.2 Å². The Morgan fingerprint density at radius 1 is 1.30 bits per heavy atom. The Labute approximate surface area is 117 Å². The van der Waals surface area contributed by atoms with E-state index in [9.17, 15) is 9.90 Å². The van der Waals surface area contributed by atoms with Crippen molar-refractivity contribution in [2.24, 2.45) is 5.92 Å². The smallest absolute Gasteiger partial charge is 0.340 e. The molecule has 1 aliphatic rings. The van der Waals surface area contributed by atoms with Crippen LogP contribution in [0.5, 0.6) is 0 Å². The fraction of sp³-hybridized carbons (Fsp3) is 0.438. The molecule has 2 aromatic rings. The number of ether oxygens (including phenoxy) is 1. The standard InChI is InChI=1S/C16H18O4/c17-16(18)15-12-7-3-4-8-13(12)20-14(15)10-19-9-11-5-1-2-6-11/h3-4,7-8,11H,1-2,5-6,9-10H2,(H,17,18). The highest BCUT2D eigenvalue weighted by molar-refractivity contribution is 6.03. The molecule has 1 saturated carbocycles. The number of carboxylic acids is 1. The molecule has 0 saturated heterocycles. The molecule has 0 bridgehead atoms. The third kappa shape index (κ3) is 2.56. The first-order valence-electron chi connectivity index (χ1n) is 7.07. The number of carbonyl (C=O) groups is 1. The zero-order valence-electron chi connectivity index (χ0n) is 11.3. The second-order valence-corrected chi connectivity index (χ2v) is 5.37. The zero-order valence-corrected chi connectivity index (χ0v) is 11.3. The number of fused-ring (bicyclic) bond motifs is 1. The fourth-order valence-electron chi connectivity index (χ4n) is 2.93. The molecule has 3 rings (SSSR count). The summed E-state index contributed by atoms with van der Waals surface area (Å²) in [5.74, 6) is 0.0683. The molecule has 0 aliphatic heterocycles. The fourth-order valence-corrected chi connectivity index (χ4v) is 2.93. The number of hydrogen-bond donors (Lipinski definition) is 1. The highest BCUT2D eigenvalue weighted by Gasteiger charge is 2.21. The van der Waals surface area contributed by atoms with E-state index >= 15 is 0 Å². The topological polar surface area (TPSA) is 59.7 Å². The van der Waals surface area contributed by atoms with Crippen LogP contribution < -0.4 is 0 Å². The molecular weight excluding hydrogens is 256 g/mol. The van der Waals surface area contributed by atoms with Crippen molar-refractivity contribution in [2.75, 3.05) is 6.61 Å². The van der Waals surface area contributed by atoms with Crippen LogP contribution in [0.2, 0.25) is 0 Å². The van der Waals surface area contributed by atoms with Crippen molar-refractivity contribution in [2.45, 2.75) is 32.3 Å². The lowest BCUT2D eigenvalue weighted by atomic mass is 10.1. The number of carboxylic acid groups (broad SMARTS) is 1. The minimum absolute atomic E-state index is 0.229. The van der Waals surface area contributed by atoms with Crippen LogP contribution in [0.15, 0.2) is 28.7 Å². The monoisotopic (exact) mass is 274 g/mol. The van der Waals surface area contributed by atoms with Crippen molar-refractivity contribution in [3.8, 4) is 0 Å². The third-order valence-corrected chi connectivity index (χ3v) is 3.94. The van der Waals surface area contributed by atoms with Gasteiger partial charge in [-0.3, -0.25) is 0 Å². The van der Waals surface area contributed by atoms with Gasteiger partial charge in [0.1, 0.15) is 23.5 Å². The number of aromatic carboxylic acids is 1. The average molecular weight is 274 g/mol. The van der Waals surface area contributed by atoms with E-state index in [1.807, 2.05) is 12.1 Å². The van der Waals surface area contributed by atoms with Gasteiger partial charge in [-0.1, -0.05) is 31.0 Å². The Morgan fingerprint density at radius 2 is 2.05 bits per heavy atom. The molecule has 106 valence electrons. The summed E-state index contributed by atoms with van der Waals surface area (Å²) < 4.78 is 11.3. The van der Waals surface area contributed by atoms with Crippen molar-refractivity contribution >= 4 is 16.9 Å². The summed E-state index contributed by atoms with van der Waals surface area (Å²) in [4.78, 5) is 11.4. The number of para-hydroxylation sites is 1. The molecule has 0 atom stereocenters. The van der Waals surface area contributed by atoms with E-state index in [2.05, 4.69) is 0 Å². The Bertz CT molecular complexity index is 608. The molecule has 1 heterocycles. The van der Waals surface area contributed by atoms with E-state index in [0.717, 1.165) is 0 Å². The summed E-state index contributed by atoms with van der Waals surface area (Å²) in [6, 6.07) is 7.19. The van der Waals surface area contributed by atoms with Gasteiger partial charge < -0.3 is 14.3 Å². The highest BCUT2D eigenvalue weighted by atomic mass is 16.5. The quantitative estimate of drug-likeness (QED) is 0.900. The first-order chi connectivity index (χ1) is 9.75. The van der Waals surface area contributed by atoms with Crippen molar-refractivity contribution in [3.63, 3.8) is 0 Å². The highest BCUT2D eigenvalue weighted by Crippen LogP contribution is 2.28. The third-order valence-electron chi connectivity index (χ3n) is 3.94. The van der Waals surface area contributed by atoms with E-state index in [0.29, 0.717) is 29.3 Å². The summed E-state index contributed by atoms with van der Waals surface area (Å²) in [6.45, 7) is 0.920. The van der Waals surface area contributed by atoms with Crippen LogP contribution in [0.3, 0.4) is 0 Å². The maximum Gasteiger partial charge on any atom is 0.340 e. The van der Waals surface area contributed by atoms with Crippen molar-refractivity contribution < 1.29 is 19.1 Å². The number of furan rings is 1. The summed E-state index contributed by atoms with van der Waals surface area (Å²) in [6.07, 6.45) is 4.98. The van der Waals surface area contributed by atoms with Gasteiger partial charge in [0.25, 0.3) is 0 Å². The molecule has 0 radical (unpaired) electrons. The Balaban J connectivity index is 1.76. The van der Waals surface area contributed by atoms with Crippen molar-refractivity contribution in [1.29, 1.82) is 0 Å². The predicted molar refractivity (Wildman–Crippen MR) is 74.8 cm³/mol. The van der Waals surface area contributed by atoms with E-state index < -0.39 is 5.97 Å². The van der Waals surface area contributed by atoms with Crippen molar-refractivity contribution in [3.05, 3.63) is 35.6 Å². The Kier molecular flexibility index (Phi) is 3.74. The van der Waals surface area contributed by atoms with Crippen LogP contribution >= 0.6 is 0 Å². The molecule has 0 amide bonds. The van der Waals surface area contributed by atoms with E-state index in [1.165, 1.54) is 25.7 Å². The molecule has 1 aromatic carbocycles. The molecule has 1 aliphatic carbocycles. The van der Waals surface area contributed by atoms with Crippen molar-refractivity contribution in [1.82, 2.24) is 0 Å². The lowest BCUT2D eigenvalue weighted by Crippen LogP contribution is -2.07. The van der Waals surface area contributed by atoms with Crippen LogP contribution in [-0.4, -0.2) is 17.7 Å². The van der Waals surface area contributed by atoms with Gasteiger partial charge in [0.15, 0.2) is 0 Å². The van der Waals surface area contributed by atoms with E-state index in [1.54, 1.807) is 12.1 Å². The molecule has 0 spiro atoms. The minimum atomic E-state index is -0.964. The molecule has 4 nitrogen and oxygen atoms in total. The summed E-state index contributed by atoms with van der Waals surface area (Å²) in [5, 5.41) is 9.99. The van der Waals surface area contributed by atoms with Gasteiger partial charge in [-0.25, -0.2) is 4.79 Å². The van der Waals surface area contributed by atoms with Gasteiger partial charge in [0, 0.05) is 12.0 Å². The average Bonchev–Trinajstić information content (AvgIpc) is 3.05. The van der Waals surface area contributed by atoms with Crippen LogP contribution in [0.4, 0.5) is 0 Å². The normalized spacial score (nSPS) is 16.0. The maximum atomic E-state index is 11.4. The SMILES string of the molecule is O=C(O)c1c(COCC2CCCC2)oc2ccccc12. The van der Waals surface area contributed by atoms with Gasteiger partial charge in [-0.05, 0) is 24.8 Å². The lowest BCUT2D eigenvalue weighted by molar-refractivity contribution is 0.0654. The molecule has 4 heteroatoms. The molecule has 1 N–H and O–H groups in total. The number of hydrogen-bond acceptors (Lipinski definition) is 3. The molecular formula is C16H18O4. The van der Waals surface area contributed by atoms with Crippen LogP contribution in [0, 0.1) is 5.92 Å². The summed E-state index contributed by atoms with van der Waals surface area (Å²) >= 11 is 0. The summed E-state index contributed by atoms with van der Waals surface area (Å²) in [7, 11) is 0. The molecule has 20 heavy (non-hydrogen) atoms. The Morgan fingerprint density at radius 3 is 2.80 bits per heavy atom. The maximum absolute atomic E-state index is 11.4. The second kappa shape index (κ2) is 5.67. The van der Waals surface area contributed by atoms with E-state index in [4.69, 9.17) is 9.15 Å². The zero-order chi connectivity index (χ0) is 13.9. The molecule has 1 fully saturated rings. The summed E-state index contributed by atoms with van der Waals surface area (Å²) in [5.41, 5.74) is 0.830.